The molecule has 0 aliphatic carbocycles. The van der Waals surface area contributed by atoms with Gasteiger partial charge in [0.1, 0.15) is 12.1 Å². The van der Waals surface area contributed by atoms with Crippen LogP contribution >= 0.6 is 0 Å². The molecular weight excluding hydrogens is 345 g/mol. The van der Waals surface area contributed by atoms with Gasteiger partial charge < -0.3 is 4.90 Å². The van der Waals surface area contributed by atoms with E-state index in [1.165, 1.54) is 23.1 Å². The molecule has 27 heavy (non-hydrogen) atoms. The second-order valence-electron chi connectivity index (χ2n) is 8.14. The summed E-state index contributed by atoms with van der Waals surface area (Å²) >= 11 is 0. The highest BCUT2D eigenvalue weighted by Gasteiger charge is 2.48. The minimum absolute atomic E-state index is 0.128. The molecule has 2 fully saturated rings. The van der Waals surface area contributed by atoms with Crippen LogP contribution in [0.5, 0.6) is 0 Å². The maximum Gasteiger partial charge on any atom is 0.293 e. The van der Waals surface area contributed by atoms with Gasteiger partial charge >= 0.3 is 0 Å². The smallest absolute Gasteiger partial charge is 0.293 e. The summed E-state index contributed by atoms with van der Waals surface area (Å²) in [5.41, 5.74) is 0.683. The van der Waals surface area contributed by atoms with Crippen molar-refractivity contribution in [3.8, 4) is 5.69 Å². The molecule has 0 saturated carbocycles. The molecule has 6 nitrogen and oxygen atoms in total. The highest BCUT2D eigenvalue weighted by Crippen LogP contribution is 2.39. The van der Waals surface area contributed by atoms with E-state index in [-0.39, 0.29) is 23.1 Å². The summed E-state index contributed by atoms with van der Waals surface area (Å²) in [6.45, 7) is 8.15. The van der Waals surface area contributed by atoms with E-state index in [4.69, 9.17) is 0 Å². The van der Waals surface area contributed by atoms with Gasteiger partial charge in [-0.2, -0.15) is 0 Å². The first kappa shape index (κ1) is 18.1. The molecule has 2 aliphatic rings. The number of hydrogen-bond acceptors (Lipinski definition) is 4. The van der Waals surface area contributed by atoms with Crippen LogP contribution < -0.4 is 0 Å². The number of aromatic nitrogens is 3. The van der Waals surface area contributed by atoms with Crippen molar-refractivity contribution in [2.75, 3.05) is 26.2 Å². The Labute approximate surface area is 159 Å². The number of hydrogen-bond donors (Lipinski definition) is 0. The summed E-state index contributed by atoms with van der Waals surface area (Å²) in [4.78, 5) is 21.6. The molecule has 2 aliphatic heterocycles. The molecule has 2 saturated heterocycles. The topological polar surface area (TPSA) is 54.3 Å². The standard InChI is InChI=1S/C20H26FN5O/c1-15(2)12-25-10-8-20(25)7-4-9-24(13-20)19(27)18-22-14-26(23-18)17-6-3-5-16(21)11-17/h3,5-6,11,14-15H,4,7-10,12-13H2,1-2H3/t20-/m1/s1. The van der Waals surface area contributed by atoms with Crippen LogP contribution in [0.15, 0.2) is 30.6 Å². The summed E-state index contributed by atoms with van der Waals surface area (Å²) in [6.07, 6.45) is 4.77. The SMILES string of the molecule is CC(C)CN1CC[C@@]12CCCN(C(=O)c1ncn(-c3cccc(F)c3)n1)C2. The quantitative estimate of drug-likeness (QED) is 0.829. The van der Waals surface area contributed by atoms with Crippen LogP contribution in [0, 0.1) is 11.7 Å². The predicted molar refractivity (Wildman–Crippen MR) is 100 cm³/mol. The number of halogens is 1. The molecule has 0 bridgehead atoms. The maximum absolute atomic E-state index is 13.4. The van der Waals surface area contributed by atoms with Crippen LogP contribution in [0.2, 0.25) is 0 Å². The lowest BCUT2D eigenvalue weighted by Crippen LogP contribution is -2.68. The molecule has 1 aromatic heterocycles. The third kappa shape index (κ3) is 3.48. The minimum Gasteiger partial charge on any atom is -0.334 e. The Morgan fingerprint density at radius 2 is 2.15 bits per heavy atom. The Bertz CT molecular complexity index is 835. The number of amides is 1. The van der Waals surface area contributed by atoms with Gasteiger partial charge in [-0.15, -0.1) is 5.10 Å². The summed E-state index contributed by atoms with van der Waals surface area (Å²) in [5.74, 6) is 0.313. The highest BCUT2D eigenvalue weighted by molar-refractivity contribution is 5.90. The molecule has 7 heteroatoms. The van der Waals surface area contributed by atoms with Crippen molar-refractivity contribution < 1.29 is 9.18 Å². The van der Waals surface area contributed by atoms with E-state index in [0.717, 1.165) is 45.4 Å². The molecule has 144 valence electrons. The zero-order chi connectivity index (χ0) is 19.0. The normalized spacial score (nSPS) is 23.0. The third-order valence-electron chi connectivity index (χ3n) is 5.70. The Hall–Kier alpha value is -2.28. The summed E-state index contributed by atoms with van der Waals surface area (Å²) in [5, 5.41) is 4.29. The van der Waals surface area contributed by atoms with Gasteiger partial charge in [0, 0.05) is 31.7 Å². The Balaban J connectivity index is 1.48. The fourth-order valence-electron chi connectivity index (χ4n) is 4.31. The molecule has 4 rings (SSSR count). The monoisotopic (exact) mass is 371 g/mol. The zero-order valence-corrected chi connectivity index (χ0v) is 15.9. The molecule has 1 spiro atoms. The van der Waals surface area contributed by atoms with Crippen molar-refractivity contribution in [1.29, 1.82) is 0 Å². The number of carbonyl (C=O) groups excluding carboxylic acids is 1. The summed E-state index contributed by atoms with van der Waals surface area (Å²) in [7, 11) is 0. The van der Waals surface area contributed by atoms with Gasteiger partial charge in [0.25, 0.3) is 5.91 Å². The average molecular weight is 371 g/mol. The largest absolute Gasteiger partial charge is 0.334 e. The first-order valence-corrected chi connectivity index (χ1v) is 9.69. The Morgan fingerprint density at radius 1 is 1.30 bits per heavy atom. The number of rotatable bonds is 4. The Morgan fingerprint density at radius 3 is 2.85 bits per heavy atom. The van der Waals surface area contributed by atoms with Crippen LogP contribution in [0.4, 0.5) is 4.39 Å². The molecule has 0 radical (unpaired) electrons. The van der Waals surface area contributed by atoms with Gasteiger partial charge in [0.2, 0.25) is 5.82 Å². The lowest BCUT2D eigenvalue weighted by atomic mass is 9.77. The number of carbonyl (C=O) groups is 1. The number of piperidine rings is 1. The van der Waals surface area contributed by atoms with E-state index < -0.39 is 0 Å². The first-order valence-electron chi connectivity index (χ1n) is 9.69. The number of benzene rings is 1. The first-order chi connectivity index (χ1) is 13.0. The van der Waals surface area contributed by atoms with E-state index in [1.807, 2.05) is 4.90 Å². The Kier molecular flexibility index (Phi) is 4.72. The fraction of sp³-hybridized carbons (Fsp3) is 0.550. The average Bonchev–Trinajstić information content (AvgIpc) is 3.15. The van der Waals surface area contributed by atoms with Crippen LogP contribution in [0.3, 0.4) is 0 Å². The molecule has 3 heterocycles. The van der Waals surface area contributed by atoms with Crippen molar-refractivity contribution in [1.82, 2.24) is 24.6 Å². The second kappa shape index (κ2) is 7.03. The van der Waals surface area contributed by atoms with Crippen molar-refractivity contribution in [3.05, 3.63) is 42.2 Å². The predicted octanol–water partition coefficient (Wildman–Crippen LogP) is 2.74. The van der Waals surface area contributed by atoms with E-state index in [1.54, 1.807) is 12.1 Å². The van der Waals surface area contributed by atoms with Gasteiger partial charge in [-0.05, 0) is 43.4 Å². The van der Waals surface area contributed by atoms with Gasteiger partial charge in [-0.3, -0.25) is 9.69 Å². The maximum atomic E-state index is 13.4. The van der Waals surface area contributed by atoms with E-state index >= 15 is 0 Å². The van der Waals surface area contributed by atoms with Gasteiger partial charge in [0.05, 0.1) is 5.69 Å². The third-order valence-corrected chi connectivity index (χ3v) is 5.70. The van der Waals surface area contributed by atoms with Gasteiger partial charge in [-0.1, -0.05) is 19.9 Å². The van der Waals surface area contributed by atoms with Crippen LogP contribution in [-0.4, -0.2) is 62.2 Å². The molecule has 2 aromatic rings. The summed E-state index contributed by atoms with van der Waals surface area (Å²) < 4.78 is 14.9. The van der Waals surface area contributed by atoms with Crippen LogP contribution in [0.1, 0.15) is 43.7 Å². The van der Waals surface area contributed by atoms with Gasteiger partial charge in [-0.25, -0.2) is 14.1 Å². The van der Waals surface area contributed by atoms with Crippen molar-refractivity contribution in [2.24, 2.45) is 5.92 Å². The zero-order valence-electron chi connectivity index (χ0n) is 15.9. The fourth-order valence-corrected chi connectivity index (χ4v) is 4.31. The highest BCUT2D eigenvalue weighted by atomic mass is 19.1. The van der Waals surface area contributed by atoms with E-state index in [9.17, 15) is 9.18 Å². The van der Waals surface area contributed by atoms with Crippen LogP contribution in [0.25, 0.3) is 5.69 Å². The number of likely N-dealkylation sites (tertiary alicyclic amines) is 2. The number of nitrogens with zero attached hydrogens (tertiary/aromatic N) is 5. The van der Waals surface area contributed by atoms with E-state index in [0.29, 0.717) is 11.6 Å². The lowest BCUT2D eigenvalue weighted by molar-refractivity contribution is -0.0650. The molecule has 1 aromatic carbocycles. The molecule has 0 unspecified atom stereocenters. The van der Waals surface area contributed by atoms with Gasteiger partial charge in [0.15, 0.2) is 0 Å². The molecule has 1 atom stereocenters. The van der Waals surface area contributed by atoms with Crippen molar-refractivity contribution in [2.45, 2.75) is 38.6 Å². The summed E-state index contributed by atoms with van der Waals surface area (Å²) in [6, 6.07) is 6.10. The second-order valence-corrected chi connectivity index (χ2v) is 8.14. The molecule has 0 N–H and O–H groups in total. The molecule has 1 amide bonds. The van der Waals surface area contributed by atoms with Crippen molar-refractivity contribution >= 4 is 5.91 Å². The lowest BCUT2D eigenvalue weighted by Gasteiger charge is -2.57. The molecular formula is C20H26FN5O. The minimum atomic E-state index is -0.343. The van der Waals surface area contributed by atoms with Crippen molar-refractivity contribution in [3.63, 3.8) is 0 Å². The van der Waals surface area contributed by atoms with E-state index in [2.05, 4.69) is 28.8 Å². The van der Waals surface area contributed by atoms with Crippen LogP contribution in [-0.2, 0) is 0 Å².